The number of carbonyl (C=O) groups is 1. The van der Waals surface area contributed by atoms with Gasteiger partial charge in [0.1, 0.15) is 6.61 Å². The van der Waals surface area contributed by atoms with Crippen LogP contribution in [0.5, 0.6) is 0 Å². The summed E-state index contributed by atoms with van der Waals surface area (Å²) >= 11 is 11.6. The molecule has 0 heterocycles. The van der Waals surface area contributed by atoms with Gasteiger partial charge in [0.05, 0.1) is 15.6 Å². The van der Waals surface area contributed by atoms with E-state index in [0.717, 1.165) is 0 Å². The predicted molar refractivity (Wildman–Crippen MR) is 56.9 cm³/mol. The first-order chi connectivity index (χ1) is 6.66. The molecule has 0 saturated carbocycles. The Balaban J connectivity index is 2.94. The fourth-order valence-electron chi connectivity index (χ4n) is 0.900. The van der Waals surface area contributed by atoms with Gasteiger partial charge in [0.15, 0.2) is 0 Å². The summed E-state index contributed by atoms with van der Waals surface area (Å²) in [4.78, 5) is 11.4. The molecule has 0 N–H and O–H groups in total. The van der Waals surface area contributed by atoms with E-state index in [2.05, 4.69) is 6.58 Å². The van der Waals surface area contributed by atoms with Crippen LogP contribution in [-0.4, -0.2) is 12.6 Å². The summed E-state index contributed by atoms with van der Waals surface area (Å²) in [5.74, 6) is -0.541. The zero-order valence-corrected chi connectivity index (χ0v) is 8.81. The molecule has 0 fully saturated rings. The van der Waals surface area contributed by atoms with Crippen molar-refractivity contribution in [2.24, 2.45) is 0 Å². The summed E-state index contributed by atoms with van der Waals surface area (Å²) in [7, 11) is 0. The van der Waals surface area contributed by atoms with Crippen LogP contribution in [0.4, 0.5) is 0 Å². The Labute approximate surface area is 92.1 Å². The lowest BCUT2D eigenvalue weighted by Gasteiger charge is -2.05. The largest absolute Gasteiger partial charge is 0.458 e. The molecular formula is C10H8Cl2O2. The molecule has 0 spiro atoms. The van der Waals surface area contributed by atoms with Crippen molar-refractivity contribution in [1.82, 2.24) is 0 Å². The molecule has 0 saturated heterocycles. The summed E-state index contributed by atoms with van der Waals surface area (Å²) in [6, 6.07) is 4.82. The van der Waals surface area contributed by atoms with Crippen molar-refractivity contribution >= 4 is 29.2 Å². The van der Waals surface area contributed by atoms with Crippen LogP contribution in [0.25, 0.3) is 0 Å². The van der Waals surface area contributed by atoms with Crippen LogP contribution in [0, 0.1) is 0 Å². The average Bonchev–Trinajstić information content (AvgIpc) is 2.14. The minimum Gasteiger partial charge on any atom is -0.458 e. The van der Waals surface area contributed by atoms with Crippen molar-refractivity contribution < 1.29 is 9.53 Å². The van der Waals surface area contributed by atoms with Crippen LogP contribution in [0.3, 0.4) is 0 Å². The Morgan fingerprint density at radius 3 is 2.50 bits per heavy atom. The van der Waals surface area contributed by atoms with Gasteiger partial charge in [0.2, 0.25) is 0 Å². The van der Waals surface area contributed by atoms with Crippen LogP contribution in [0.2, 0.25) is 10.0 Å². The Kier molecular flexibility index (Phi) is 3.98. The lowest BCUT2D eigenvalue weighted by Crippen LogP contribution is -2.06. The number of carbonyl (C=O) groups excluding carboxylic acids is 1. The normalized spacial score (nSPS) is 9.57. The zero-order valence-electron chi connectivity index (χ0n) is 7.30. The summed E-state index contributed by atoms with van der Waals surface area (Å²) < 4.78 is 4.81. The first kappa shape index (κ1) is 11.1. The molecular weight excluding hydrogens is 223 g/mol. The number of halogens is 2. The molecule has 0 unspecified atom stereocenters. The van der Waals surface area contributed by atoms with Crippen LogP contribution in [-0.2, 0) is 4.74 Å². The highest BCUT2D eigenvalue weighted by Crippen LogP contribution is 2.24. The molecule has 0 bridgehead atoms. The molecule has 1 aromatic carbocycles. The van der Waals surface area contributed by atoms with Crippen LogP contribution in [0.1, 0.15) is 10.4 Å². The molecule has 0 aliphatic carbocycles. The van der Waals surface area contributed by atoms with Gasteiger partial charge in [0, 0.05) is 0 Å². The standard InChI is InChI=1S/C10H8Cl2O2/c1-2-6-14-10(13)9-7(11)4-3-5-8(9)12/h2-5H,1,6H2. The molecule has 0 aliphatic rings. The molecule has 2 nitrogen and oxygen atoms in total. The van der Waals surface area contributed by atoms with E-state index in [0.29, 0.717) is 0 Å². The van der Waals surface area contributed by atoms with Crippen molar-refractivity contribution in [2.45, 2.75) is 0 Å². The number of esters is 1. The quantitative estimate of drug-likeness (QED) is 0.589. The SMILES string of the molecule is C=CCOC(=O)c1c(Cl)cccc1Cl. The highest BCUT2D eigenvalue weighted by atomic mass is 35.5. The topological polar surface area (TPSA) is 26.3 Å². The Morgan fingerprint density at radius 1 is 1.43 bits per heavy atom. The maximum Gasteiger partial charge on any atom is 0.341 e. The fourth-order valence-corrected chi connectivity index (χ4v) is 1.45. The van der Waals surface area contributed by atoms with Gasteiger partial charge in [-0.2, -0.15) is 0 Å². The minimum absolute atomic E-state index is 0.139. The summed E-state index contributed by atoms with van der Waals surface area (Å²) in [6.07, 6.45) is 1.47. The summed E-state index contributed by atoms with van der Waals surface area (Å²) in [6.45, 7) is 3.57. The van der Waals surface area contributed by atoms with Gasteiger partial charge < -0.3 is 4.74 Å². The second-order valence-corrected chi connectivity index (χ2v) is 3.30. The molecule has 0 amide bonds. The monoisotopic (exact) mass is 230 g/mol. The van der Waals surface area contributed by atoms with E-state index in [1.165, 1.54) is 6.08 Å². The third kappa shape index (κ3) is 2.50. The first-order valence-electron chi connectivity index (χ1n) is 3.89. The average molecular weight is 231 g/mol. The van der Waals surface area contributed by atoms with E-state index in [1.54, 1.807) is 18.2 Å². The molecule has 1 aromatic rings. The zero-order chi connectivity index (χ0) is 10.6. The first-order valence-corrected chi connectivity index (χ1v) is 4.64. The smallest absolute Gasteiger partial charge is 0.341 e. The van der Waals surface area contributed by atoms with Crippen molar-refractivity contribution in [3.8, 4) is 0 Å². The Hall–Kier alpha value is -0.990. The second-order valence-electron chi connectivity index (χ2n) is 2.48. The molecule has 0 radical (unpaired) electrons. The van der Waals surface area contributed by atoms with E-state index < -0.39 is 5.97 Å². The molecule has 14 heavy (non-hydrogen) atoms. The van der Waals surface area contributed by atoms with Gasteiger partial charge in [-0.1, -0.05) is 41.9 Å². The van der Waals surface area contributed by atoms with Crippen LogP contribution >= 0.6 is 23.2 Å². The lowest BCUT2D eigenvalue weighted by atomic mass is 10.2. The number of rotatable bonds is 3. The molecule has 1 rings (SSSR count). The van der Waals surface area contributed by atoms with E-state index in [-0.39, 0.29) is 22.2 Å². The summed E-state index contributed by atoms with van der Waals surface area (Å²) in [5.41, 5.74) is 0.192. The highest BCUT2D eigenvalue weighted by molar-refractivity contribution is 6.39. The minimum atomic E-state index is -0.541. The third-order valence-corrected chi connectivity index (χ3v) is 2.13. The maximum absolute atomic E-state index is 11.4. The van der Waals surface area contributed by atoms with Gasteiger partial charge >= 0.3 is 5.97 Å². The van der Waals surface area contributed by atoms with Crippen LogP contribution < -0.4 is 0 Å². The third-order valence-electron chi connectivity index (χ3n) is 1.50. The Bertz CT molecular complexity index is 341. The lowest BCUT2D eigenvalue weighted by molar-refractivity contribution is 0.0550. The van der Waals surface area contributed by atoms with Crippen LogP contribution in [0.15, 0.2) is 30.9 Å². The fraction of sp³-hybridized carbons (Fsp3) is 0.100. The Morgan fingerprint density at radius 2 is 2.00 bits per heavy atom. The van der Waals surface area contributed by atoms with Gasteiger partial charge in [-0.05, 0) is 12.1 Å². The van der Waals surface area contributed by atoms with E-state index in [1.807, 2.05) is 0 Å². The van der Waals surface area contributed by atoms with E-state index >= 15 is 0 Å². The predicted octanol–water partition coefficient (Wildman–Crippen LogP) is 3.34. The van der Waals surface area contributed by atoms with Gasteiger partial charge in [0.25, 0.3) is 0 Å². The van der Waals surface area contributed by atoms with Gasteiger partial charge in [-0.25, -0.2) is 4.79 Å². The van der Waals surface area contributed by atoms with E-state index in [4.69, 9.17) is 27.9 Å². The molecule has 4 heteroatoms. The number of ether oxygens (including phenoxy) is 1. The molecule has 0 atom stereocenters. The van der Waals surface area contributed by atoms with Gasteiger partial charge in [-0.15, -0.1) is 0 Å². The number of hydrogen-bond acceptors (Lipinski definition) is 2. The molecule has 0 aliphatic heterocycles. The highest BCUT2D eigenvalue weighted by Gasteiger charge is 2.14. The molecule has 0 aromatic heterocycles. The number of benzene rings is 1. The summed E-state index contributed by atoms with van der Waals surface area (Å²) in [5, 5.41) is 0.568. The maximum atomic E-state index is 11.4. The van der Waals surface area contributed by atoms with Gasteiger partial charge in [-0.3, -0.25) is 0 Å². The van der Waals surface area contributed by atoms with E-state index in [9.17, 15) is 4.79 Å². The van der Waals surface area contributed by atoms with Crippen molar-refractivity contribution in [3.05, 3.63) is 46.5 Å². The number of hydrogen-bond donors (Lipinski definition) is 0. The van der Waals surface area contributed by atoms with Crippen molar-refractivity contribution in [1.29, 1.82) is 0 Å². The second kappa shape index (κ2) is 5.03. The molecule has 74 valence electrons. The van der Waals surface area contributed by atoms with Crippen molar-refractivity contribution in [3.63, 3.8) is 0 Å². The van der Waals surface area contributed by atoms with Crippen molar-refractivity contribution in [2.75, 3.05) is 6.61 Å².